The van der Waals surface area contributed by atoms with Crippen LogP contribution in [0.5, 0.6) is 0 Å². The van der Waals surface area contributed by atoms with Crippen molar-refractivity contribution in [3.63, 3.8) is 0 Å². The number of hydrogen-bond acceptors (Lipinski definition) is 1. The molecule has 140 valence electrons. The number of aromatic nitrogens is 1. The summed E-state index contributed by atoms with van der Waals surface area (Å²) < 4.78 is 0. The molecule has 0 aliphatic heterocycles. The number of benzene rings is 3. The SMILES string of the molecule is C=C(NCCc1c[nH]c2ccc(Cl)cc12)c1ccc(-c2cccc(C)c2)cc1. The lowest BCUT2D eigenvalue weighted by atomic mass is 10.0. The molecule has 0 aliphatic carbocycles. The van der Waals surface area contributed by atoms with Crippen LogP contribution in [0.25, 0.3) is 27.7 Å². The Bertz CT molecular complexity index is 1120. The van der Waals surface area contributed by atoms with Crippen molar-refractivity contribution in [2.45, 2.75) is 13.3 Å². The van der Waals surface area contributed by atoms with E-state index in [1.54, 1.807) is 0 Å². The molecule has 0 aliphatic rings. The molecular formula is C25H23ClN2. The molecule has 0 atom stereocenters. The summed E-state index contributed by atoms with van der Waals surface area (Å²) in [5.74, 6) is 0. The average molecular weight is 387 g/mol. The van der Waals surface area contributed by atoms with E-state index in [1.165, 1.54) is 27.6 Å². The van der Waals surface area contributed by atoms with Crippen LogP contribution < -0.4 is 5.32 Å². The van der Waals surface area contributed by atoms with E-state index in [0.29, 0.717) is 0 Å². The van der Waals surface area contributed by atoms with Gasteiger partial charge in [0.05, 0.1) is 0 Å². The number of nitrogens with one attached hydrogen (secondary N) is 2. The molecule has 2 nitrogen and oxygen atoms in total. The minimum atomic E-state index is 0.763. The lowest BCUT2D eigenvalue weighted by Crippen LogP contribution is -2.14. The molecule has 3 heteroatoms. The van der Waals surface area contributed by atoms with Gasteiger partial charge in [0.1, 0.15) is 0 Å². The molecule has 4 aromatic rings. The molecule has 28 heavy (non-hydrogen) atoms. The summed E-state index contributed by atoms with van der Waals surface area (Å²) in [6.45, 7) is 7.13. The summed E-state index contributed by atoms with van der Waals surface area (Å²) in [5.41, 5.74) is 8.15. The van der Waals surface area contributed by atoms with Crippen molar-refractivity contribution in [2.24, 2.45) is 0 Å². The van der Waals surface area contributed by atoms with Gasteiger partial charge < -0.3 is 10.3 Å². The number of halogens is 1. The second-order valence-electron chi connectivity index (χ2n) is 7.11. The third kappa shape index (κ3) is 3.97. The highest BCUT2D eigenvalue weighted by Gasteiger charge is 2.05. The zero-order valence-electron chi connectivity index (χ0n) is 15.9. The number of aryl methyl sites for hydroxylation is 1. The zero-order valence-corrected chi connectivity index (χ0v) is 16.7. The minimum Gasteiger partial charge on any atom is -0.385 e. The molecule has 2 N–H and O–H groups in total. The summed E-state index contributed by atoms with van der Waals surface area (Å²) in [4.78, 5) is 3.30. The van der Waals surface area contributed by atoms with Gasteiger partial charge in [-0.25, -0.2) is 0 Å². The first-order chi connectivity index (χ1) is 13.6. The Morgan fingerprint density at radius 3 is 2.61 bits per heavy atom. The number of rotatable bonds is 6. The first-order valence-corrected chi connectivity index (χ1v) is 9.84. The Morgan fingerprint density at radius 2 is 1.82 bits per heavy atom. The summed E-state index contributed by atoms with van der Waals surface area (Å²) in [5, 5.41) is 5.39. The first-order valence-electron chi connectivity index (χ1n) is 9.46. The van der Waals surface area contributed by atoms with Gasteiger partial charge in [-0.15, -0.1) is 0 Å². The Labute approximate surface area is 170 Å². The van der Waals surface area contributed by atoms with E-state index >= 15 is 0 Å². The monoisotopic (exact) mass is 386 g/mol. The Balaban J connectivity index is 1.39. The quantitative estimate of drug-likeness (QED) is 0.384. The predicted molar refractivity (Wildman–Crippen MR) is 121 cm³/mol. The number of H-pyrrole nitrogens is 1. The van der Waals surface area contributed by atoms with Gasteiger partial charge in [0.2, 0.25) is 0 Å². The van der Waals surface area contributed by atoms with E-state index in [9.17, 15) is 0 Å². The summed E-state index contributed by atoms with van der Waals surface area (Å²) in [6.07, 6.45) is 2.96. The fourth-order valence-electron chi connectivity index (χ4n) is 3.50. The van der Waals surface area contributed by atoms with Gasteiger partial charge in [0.15, 0.2) is 0 Å². The molecule has 0 amide bonds. The van der Waals surface area contributed by atoms with Crippen LogP contribution in [0, 0.1) is 6.92 Å². The van der Waals surface area contributed by atoms with Gasteiger partial charge in [0, 0.05) is 34.4 Å². The first kappa shape index (κ1) is 18.4. The van der Waals surface area contributed by atoms with Gasteiger partial charge in [-0.1, -0.05) is 72.3 Å². The highest BCUT2D eigenvalue weighted by Crippen LogP contribution is 2.24. The molecule has 1 aromatic heterocycles. The van der Waals surface area contributed by atoms with Crippen LogP contribution in [-0.2, 0) is 6.42 Å². The van der Waals surface area contributed by atoms with Crippen LogP contribution in [0.2, 0.25) is 5.02 Å². The number of hydrogen-bond donors (Lipinski definition) is 2. The zero-order chi connectivity index (χ0) is 19.5. The highest BCUT2D eigenvalue weighted by molar-refractivity contribution is 6.31. The standard InChI is InChI=1S/C25H23ClN2/c1-17-4-3-5-21(14-17)20-8-6-19(7-9-20)18(2)27-13-12-22-16-28-25-11-10-23(26)15-24(22)25/h3-11,14-16,27-28H,2,12-13H2,1H3. The third-order valence-electron chi connectivity index (χ3n) is 5.05. The summed E-state index contributed by atoms with van der Waals surface area (Å²) in [6, 6.07) is 23.0. The molecule has 1 heterocycles. The lowest BCUT2D eigenvalue weighted by Gasteiger charge is -2.11. The molecule has 0 radical (unpaired) electrons. The topological polar surface area (TPSA) is 27.8 Å². The van der Waals surface area contributed by atoms with Gasteiger partial charge in [0.25, 0.3) is 0 Å². The van der Waals surface area contributed by atoms with E-state index in [4.69, 9.17) is 11.6 Å². The van der Waals surface area contributed by atoms with Crippen molar-refractivity contribution in [1.29, 1.82) is 0 Å². The maximum atomic E-state index is 6.13. The molecule has 0 spiro atoms. The van der Waals surface area contributed by atoms with Crippen LogP contribution in [-0.4, -0.2) is 11.5 Å². The molecule has 4 rings (SSSR count). The number of aromatic amines is 1. The van der Waals surface area contributed by atoms with Crippen molar-refractivity contribution in [3.05, 3.63) is 101 Å². The van der Waals surface area contributed by atoms with Gasteiger partial charge in [-0.2, -0.15) is 0 Å². The van der Waals surface area contributed by atoms with Crippen molar-refractivity contribution in [1.82, 2.24) is 10.3 Å². The summed E-state index contributed by atoms with van der Waals surface area (Å²) in [7, 11) is 0. The molecular weight excluding hydrogens is 364 g/mol. The van der Waals surface area contributed by atoms with Crippen LogP contribution in [0.15, 0.2) is 79.5 Å². The fraction of sp³-hybridized carbons (Fsp3) is 0.120. The van der Waals surface area contributed by atoms with Gasteiger partial charge >= 0.3 is 0 Å². The van der Waals surface area contributed by atoms with E-state index in [0.717, 1.165) is 34.8 Å². The molecule has 0 fully saturated rings. The second-order valence-corrected chi connectivity index (χ2v) is 7.54. The summed E-state index contributed by atoms with van der Waals surface area (Å²) >= 11 is 6.13. The Morgan fingerprint density at radius 1 is 1.00 bits per heavy atom. The highest BCUT2D eigenvalue weighted by atomic mass is 35.5. The average Bonchev–Trinajstić information content (AvgIpc) is 3.10. The van der Waals surface area contributed by atoms with Crippen LogP contribution >= 0.6 is 11.6 Å². The van der Waals surface area contributed by atoms with E-state index in [2.05, 4.69) is 78.5 Å². The maximum Gasteiger partial charge on any atom is 0.0457 e. The van der Waals surface area contributed by atoms with Crippen molar-refractivity contribution >= 4 is 28.2 Å². The molecule has 0 bridgehead atoms. The van der Waals surface area contributed by atoms with Crippen LogP contribution in [0.3, 0.4) is 0 Å². The molecule has 3 aromatic carbocycles. The van der Waals surface area contributed by atoms with Gasteiger partial charge in [-0.05, 0) is 53.8 Å². The normalized spacial score (nSPS) is 10.9. The van der Waals surface area contributed by atoms with Crippen molar-refractivity contribution < 1.29 is 0 Å². The number of fused-ring (bicyclic) bond motifs is 1. The molecule has 0 saturated heterocycles. The van der Waals surface area contributed by atoms with E-state index in [1.807, 2.05) is 18.2 Å². The van der Waals surface area contributed by atoms with E-state index in [-0.39, 0.29) is 0 Å². The smallest absolute Gasteiger partial charge is 0.0457 e. The lowest BCUT2D eigenvalue weighted by molar-refractivity contribution is 0.853. The molecule has 0 unspecified atom stereocenters. The Kier molecular flexibility index (Phi) is 5.23. The van der Waals surface area contributed by atoms with Crippen LogP contribution in [0.1, 0.15) is 16.7 Å². The predicted octanol–water partition coefficient (Wildman–Crippen LogP) is 6.60. The van der Waals surface area contributed by atoms with Crippen molar-refractivity contribution in [3.8, 4) is 11.1 Å². The van der Waals surface area contributed by atoms with Gasteiger partial charge in [-0.3, -0.25) is 0 Å². The van der Waals surface area contributed by atoms with E-state index < -0.39 is 0 Å². The second kappa shape index (κ2) is 7.95. The molecule has 0 saturated carbocycles. The van der Waals surface area contributed by atoms with Crippen molar-refractivity contribution in [2.75, 3.05) is 6.54 Å². The minimum absolute atomic E-state index is 0.763. The maximum absolute atomic E-state index is 6.13. The fourth-order valence-corrected chi connectivity index (χ4v) is 3.67. The third-order valence-corrected chi connectivity index (χ3v) is 5.28. The van der Waals surface area contributed by atoms with Crippen LogP contribution in [0.4, 0.5) is 0 Å². The Hall–Kier alpha value is -2.97. The largest absolute Gasteiger partial charge is 0.385 e.